The average molecular weight is 286 g/mol. The van der Waals surface area contributed by atoms with Crippen LogP contribution in [0.5, 0.6) is 0 Å². The molecule has 1 unspecified atom stereocenters. The highest BCUT2D eigenvalue weighted by atomic mass is 14.4. The van der Waals surface area contributed by atoms with E-state index >= 15 is 0 Å². The molecule has 0 saturated carbocycles. The Morgan fingerprint density at radius 2 is 1.50 bits per heavy atom. The van der Waals surface area contributed by atoms with Gasteiger partial charge >= 0.3 is 0 Å². The van der Waals surface area contributed by atoms with Crippen LogP contribution in [0.2, 0.25) is 0 Å². The zero-order valence-corrected chi connectivity index (χ0v) is 13.2. The van der Waals surface area contributed by atoms with Crippen LogP contribution in [-0.2, 0) is 12.8 Å². The quantitative estimate of drug-likeness (QED) is 0.666. The van der Waals surface area contributed by atoms with Crippen LogP contribution in [0.25, 0.3) is 12.2 Å². The summed E-state index contributed by atoms with van der Waals surface area (Å²) in [4.78, 5) is 0. The third-order valence-electron chi connectivity index (χ3n) is 5.19. The molecule has 0 aliphatic heterocycles. The second-order valence-electron chi connectivity index (χ2n) is 6.66. The first-order chi connectivity index (χ1) is 10.8. The monoisotopic (exact) mass is 286 g/mol. The van der Waals surface area contributed by atoms with Gasteiger partial charge in [0.1, 0.15) is 0 Å². The van der Waals surface area contributed by atoms with Crippen molar-refractivity contribution >= 4 is 12.2 Å². The van der Waals surface area contributed by atoms with E-state index in [4.69, 9.17) is 0 Å². The molecule has 0 heteroatoms. The minimum atomic E-state index is 0.193. The van der Waals surface area contributed by atoms with Crippen molar-refractivity contribution < 1.29 is 0 Å². The number of benzene rings is 2. The largest absolute Gasteiger partial charge is 0.0730 e. The lowest BCUT2D eigenvalue weighted by Crippen LogP contribution is -2.31. The van der Waals surface area contributed by atoms with Gasteiger partial charge in [-0.1, -0.05) is 85.7 Å². The third-order valence-corrected chi connectivity index (χ3v) is 5.19. The predicted molar refractivity (Wildman–Crippen MR) is 94.6 cm³/mol. The fraction of sp³-hybridized carbons (Fsp3) is 0.273. The first-order valence-electron chi connectivity index (χ1n) is 8.37. The summed E-state index contributed by atoms with van der Waals surface area (Å²) in [6.45, 7) is 2.29. The van der Waals surface area contributed by atoms with Crippen molar-refractivity contribution in [3.05, 3.63) is 82.4 Å². The van der Waals surface area contributed by atoms with Crippen LogP contribution >= 0.6 is 0 Å². The average Bonchev–Trinajstić information content (AvgIpc) is 2.56. The first kappa shape index (κ1) is 13.6. The normalized spacial score (nSPS) is 22.1. The molecule has 0 amide bonds. The number of allylic oxidation sites excluding steroid dienone is 2. The molecule has 0 saturated heterocycles. The maximum absolute atomic E-state index is 2.48. The second-order valence-corrected chi connectivity index (χ2v) is 6.66. The van der Waals surface area contributed by atoms with Gasteiger partial charge in [-0.2, -0.15) is 0 Å². The van der Waals surface area contributed by atoms with Crippen molar-refractivity contribution in [1.82, 2.24) is 0 Å². The molecule has 0 radical (unpaired) electrons. The minimum absolute atomic E-state index is 0.193. The smallest absolute Gasteiger partial charge is 0.0178 e. The van der Waals surface area contributed by atoms with Crippen molar-refractivity contribution in [2.75, 3.05) is 0 Å². The molecule has 0 aromatic heterocycles. The van der Waals surface area contributed by atoms with Crippen molar-refractivity contribution in [2.45, 2.75) is 32.6 Å². The Morgan fingerprint density at radius 3 is 2.23 bits per heavy atom. The standard InChI is InChI=1S/C22H22/c1-2-7-21-14-18-9-4-6-11-20(18)16-22(21)13-12-17-8-3-5-10-19(17)15-22/h3-6,8-14H,2,7,15-16H2,1H3. The Labute approximate surface area is 133 Å². The van der Waals surface area contributed by atoms with E-state index in [1.165, 1.54) is 35.1 Å². The van der Waals surface area contributed by atoms with E-state index in [1.54, 1.807) is 5.57 Å². The molecule has 0 N–H and O–H groups in total. The Balaban J connectivity index is 1.82. The van der Waals surface area contributed by atoms with Crippen LogP contribution < -0.4 is 0 Å². The molecular weight excluding hydrogens is 264 g/mol. The maximum atomic E-state index is 2.48. The van der Waals surface area contributed by atoms with Crippen LogP contribution in [0.3, 0.4) is 0 Å². The highest BCUT2D eigenvalue weighted by Gasteiger charge is 2.36. The van der Waals surface area contributed by atoms with Gasteiger partial charge in [0.15, 0.2) is 0 Å². The second kappa shape index (κ2) is 5.28. The minimum Gasteiger partial charge on any atom is -0.0730 e. The van der Waals surface area contributed by atoms with Gasteiger partial charge in [-0.05, 0) is 41.5 Å². The van der Waals surface area contributed by atoms with Gasteiger partial charge in [0.25, 0.3) is 0 Å². The van der Waals surface area contributed by atoms with E-state index in [0.29, 0.717) is 0 Å². The Morgan fingerprint density at radius 1 is 0.864 bits per heavy atom. The van der Waals surface area contributed by atoms with Gasteiger partial charge in [0.2, 0.25) is 0 Å². The van der Waals surface area contributed by atoms with Crippen molar-refractivity contribution in [3.8, 4) is 0 Å². The van der Waals surface area contributed by atoms with Crippen LogP contribution in [0.15, 0.2) is 60.2 Å². The molecule has 0 heterocycles. The van der Waals surface area contributed by atoms with Gasteiger partial charge in [-0.15, -0.1) is 0 Å². The van der Waals surface area contributed by atoms with Crippen LogP contribution in [0, 0.1) is 5.41 Å². The maximum Gasteiger partial charge on any atom is 0.0178 e. The van der Waals surface area contributed by atoms with Gasteiger partial charge in [0.05, 0.1) is 0 Å². The summed E-state index contributed by atoms with van der Waals surface area (Å²) in [5.41, 5.74) is 7.60. The summed E-state index contributed by atoms with van der Waals surface area (Å²) in [5.74, 6) is 0. The number of hydrogen-bond donors (Lipinski definition) is 0. The topological polar surface area (TPSA) is 0 Å². The summed E-state index contributed by atoms with van der Waals surface area (Å²) < 4.78 is 0. The molecule has 2 aliphatic rings. The molecule has 1 atom stereocenters. The lowest BCUT2D eigenvalue weighted by Gasteiger charge is -2.40. The SMILES string of the molecule is CCCC1=Cc2ccccc2CC12C=Cc1ccccc1C2. The van der Waals surface area contributed by atoms with E-state index in [2.05, 4.69) is 73.7 Å². The zero-order valence-electron chi connectivity index (χ0n) is 13.2. The molecule has 0 nitrogen and oxygen atoms in total. The third kappa shape index (κ3) is 2.14. The van der Waals surface area contributed by atoms with Gasteiger partial charge in [-0.3, -0.25) is 0 Å². The van der Waals surface area contributed by atoms with Gasteiger partial charge in [-0.25, -0.2) is 0 Å². The molecule has 110 valence electrons. The van der Waals surface area contributed by atoms with E-state index in [9.17, 15) is 0 Å². The molecular formula is C22H22. The number of fused-ring (bicyclic) bond motifs is 2. The lowest BCUT2D eigenvalue weighted by molar-refractivity contribution is 0.430. The molecule has 22 heavy (non-hydrogen) atoms. The highest BCUT2D eigenvalue weighted by Crippen LogP contribution is 2.47. The van der Waals surface area contributed by atoms with E-state index in [1.807, 2.05) is 0 Å². The summed E-state index contributed by atoms with van der Waals surface area (Å²) >= 11 is 0. The Kier molecular flexibility index (Phi) is 3.26. The van der Waals surface area contributed by atoms with Crippen LogP contribution in [-0.4, -0.2) is 0 Å². The van der Waals surface area contributed by atoms with Gasteiger partial charge in [0, 0.05) is 5.41 Å². The molecule has 4 rings (SSSR count). The fourth-order valence-corrected chi connectivity index (χ4v) is 4.06. The molecule has 0 bridgehead atoms. The Hall–Kier alpha value is -2.08. The number of rotatable bonds is 2. The summed E-state index contributed by atoms with van der Waals surface area (Å²) in [7, 11) is 0. The predicted octanol–water partition coefficient (Wildman–Crippen LogP) is 5.68. The summed E-state index contributed by atoms with van der Waals surface area (Å²) in [6, 6.07) is 17.7. The molecule has 2 aliphatic carbocycles. The zero-order chi connectivity index (χ0) is 15.0. The van der Waals surface area contributed by atoms with E-state index in [0.717, 1.165) is 12.8 Å². The van der Waals surface area contributed by atoms with Crippen molar-refractivity contribution in [2.24, 2.45) is 5.41 Å². The van der Waals surface area contributed by atoms with Crippen LogP contribution in [0.4, 0.5) is 0 Å². The van der Waals surface area contributed by atoms with Gasteiger partial charge < -0.3 is 0 Å². The first-order valence-corrected chi connectivity index (χ1v) is 8.37. The van der Waals surface area contributed by atoms with Crippen LogP contribution in [0.1, 0.15) is 42.0 Å². The summed E-state index contributed by atoms with van der Waals surface area (Å²) in [6.07, 6.45) is 12.0. The highest BCUT2D eigenvalue weighted by molar-refractivity contribution is 5.67. The molecule has 0 fully saturated rings. The fourth-order valence-electron chi connectivity index (χ4n) is 4.06. The number of hydrogen-bond acceptors (Lipinski definition) is 0. The van der Waals surface area contributed by atoms with Crippen molar-refractivity contribution in [1.29, 1.82) is 0 Å². The van der Waals surface area contributed by atoms with Crippen molar-refractivity contribution in [3.63, 3.8) is 0 Å². The summed E-state index contributed by atoms with van der Waals surface area (Å²) in [5, 5.41) is 0. The van der Waals surface area contributed by atoms with E-state index in [-0.39, 0.29) is 5.41 Å². The molecule has 2 aromatic rings. The lowest BCUT2D eigenvalue weighted by atomic mass is 9.64. The Bertz CT molecular complexity index is 759. The molecule has 1 spiro atoms. The van der Waals surface area contributed by atoms with E-state index < -0.39 is 0 Å². The molecule has 2 aromatic carbocycles.